The lowest BCUT2D eigenvalue weighted by atomic mass is 9.96. The Hall–Kier alpha value is -4.97. The monoisotopic (exact) mass is 611 g/mol. The van der Waals surface area contributed by atoms with Crippen molar-refractivity contribution in [2.45, 2.75) is 26.4 Å². The van der Waals surface area contributed by atoms with Crippen molar-refractivity contribution in [3.05, 3.63) is 78.1 Å². The number of hydrogen-bond donors (Lipinski definition) is 0. The Morgan fingerprint density at radius 2 is 1.98 bits per heavy atom. The number of fused-ring (bicyclic) bond motifs is 3. The van der Waals surface area contributed by atoms with E-state index >= 15 is 4.39 Å². The van der Waals surface area contributed by atoms with E-state index < -0.39 is 11.6 Å². The van der Waals surface area contributed by atoms with Crippen molar-refractivity contribution in [3.8, 4) is 39.5 Å². The number of carbonyl (C=O) groups excluding carboxylic acids is 1. The number of benzene rings is 1. The number of aryl methyl sites for hydroxylation is 1. The average molecular weight is 612 g/mol. The van der Waals surface area contributed by atoms with Gasteiger partial charge in [-0.05, 0) is 43.5 Å². The number of nitrogens with zero attached hydrogens (tertiary/aromatic N) is 7. The third kappa shape index (κ3) is 4.44. The minimum absolute atomic E-state index is 0.0761. The van der Waals surface area contributed by atoms with Gasteiger partial charge in [0.15, 0.2) is 0 Å². The van der Waals surface area contributed by atoms with Crippen molar-refractivity contribution >= 4 is 38.4 Å². The van der Waals surface area contributed by atoms with E-state index in [1.54, 1.807) is 22.7 Å². The maximum absolute atomic E-state index is 15.9. The normalized spacial score (nSPS) is 14.8. The third-order valence-electron chi connectivity index (χ3n) is 7.88. The van der Waals surface area contributed by atoms with Crippen LogP contribution < -0.4 is 4.74 Å². The molecule has 0 spiro atoms. The molecule has 1 atom stereocenters. The highest BCUT2D eigenvalue weighted by Crippen LogP contribution is 2.47. The van der Waals surface area contributed by atoms with Gasteiger partial charge in [0, 0.05) is 53.1 Å². The molecule has 6 aromatic rings. The second kappa shape index (κ2) is 10.6. The van der Waals surface area contributed by atoms with Gasteiger partial charge in [-0.15, -0.1) is 11.3 Å². The summed E-state index contributed by atoms with van der Waals surface area (Å²) in [5.41, 5.74) is 5.08. The lowest BCUT2D eigenvalue weighted by molar-refractivity contribution is -0.129. The number of ether oxygens (including phenoxy) is 1. The molecule has 9 nitrogen and oxygen atoms in total. The van der Waals surface area contributed by atoms with Crippen LogP contribution in [0.4, 0.5) is 8.78 Å². The van der Waals surface area contributed by atoms with Crippen molar-refractivity contribution in [1.29, 1.82) is 0 Å². The zero-order chi connectivity index (χ0) is 30.7. The fourth-order valence-electron chi connectivity index (χ4n) is 5.91. The van der Waals surface area contributed by atoms with Crippen LogP contribution in [0.15, 0.2) is 60.8 Å². The molecule has 0 radical (unpaired) electrons. The van der Waals surface area contributed by atoms with Gasteiger partial charge in [0.1, 0.15) is 39.8 Å². The van der Waals surface area contributed by atoms with E-state index in [0.717, 1.165) is 32.9 Å². The average Bonchev–Trinajstić information content (AvgIpc) is 3.74. The number of amides is 1. The van der Waals surface area contributed by atoms with Gasteiger partial charge in [0.2, 0.25) is 5.91 Å². The smallest absolute Gasteiger partial charge is 0.246 e. The molecule has 1 amide bonds. The van der Waals surface area contributed by atoms with Gasteiger partial charge in [-0.25, -0.2) is 13.8 Å². The first-order valence-corrected chi connectivity index (χ1v) is 15.0. The van der Waals surface area contributed by atoms with Gasteiger partial charge in [0.05, 0.1) is 42.3 Å². The van der Waals surface area contributed by atoms with Crippen molar-refractivity contribution in [3.63, 3.8) is 0 Å². The highest BCUT2D eigenvalue weighted by molar-refractivity contribution is 7.18. The molecule has 0 saturated heterocycles. The van der Waals surface area contributed by atoms with Crippen molar-refractivity contribution in [2.24, 2.45) is 7.05 Å². The van der Waals surface area contributed by atoms with Crippen LogP contribution in [0.1, 0.15) is 25.6 Å². The molecule has 222 valence electrons. The number of aromatic nitrogens is 6. The molecule has 1 aromatic carbocycles. The summed E-state index contributed by atoms with van der Waals surface area (Å²) >= 11 is 1.42. The molecule has 0 saturated carbocycles. The quantitative estimate of drug-likeness (QED) is 0.199. The summed E-state index contributed by atoms with van der Waals surface area (Å²) in [4.78, 5) is 24.0. The Bertz CT molecular complexity index is 2120. The topological polar surface area (TPSA) is 91.0 Å². The van der Waals surface area contributed by atoms with E-state index in [9.17, 15) is 9.18 Å². The van der Waals surface area contributed by atoms with Gasteiger partial charge in [-0.2, -0.15) is 10.2 Å². The van der Waals surface area contributed by atoms with Crippen LogP contribution in [0, 0.1) is 11.6 Å². The number of pyridine rings is 2. The Morgan fingerprint density at radius 1 is 1.14 bits per heavy atom. The van der Waals surface area contributed by atoms with Crippen LogP contribution in [0.2, 0.25) is 0 Å². The van der Waals surface area contributed by atoms with Crippen molar-refractivity contribution < 1.29 is 18.3 Å². The van der Waals surface area contributed by atoms with Gasteiger partial charge in [0.25, 0.3) is 0 Å². The summed E-state index contributed by atoms with van der Waals surface area (Å²) in [7, 11) is 1.84. The summed E-state index contributed by atoms with van der Waals surface area (Å²) in [5.74, 6) is -1.60. The number of halogens is 2. The number of carbonyl (C=O) groups is 1. The van der Waals surface area contributed by atoms with Gasteiger partial charge >= 0.3 is 0 Å². The van der Waals surface area contributed by atoms with E-state index in [1.807, 2.05) is 48.4 Å². The minimum atomic E-state index is -0.768. The summed E-state index contributed by atoms with van der Waals surface area (Å²) in [6.45, 7) is 8.48. The molecule has 12 heteroatoms. The van der Waals surface area contributed by atoms with Crippen LogP contribution in [0.3, 0.4) is 0 Å². The maximum atomic E-state index is 15.9. The van der Waals surface area contributed by atoms with Gasteiger partial charge < -0.3 is 9.64 Å². The second-order valence-corrected chi connectivity index (χ2v) is 11.5. The molecule has 1 aliphatic heterocycles. The standard InChI is InChI=1S/C32H27F2N7O2S/c1-5-27(42)40-8-9-41-25(17(40)3)14-23(38-41)31-29(28-21(34)12-19(33)13-26(28)43-6-2)32-20(7-10-44-32)30(36-31)18-11-22-24(35-15-18)16-39(4)37-22/h5,7,10-17H,1,6,8-9H2,2-4H3/t17-/m1/s1. The van der Waals surface area contributed by atoms with E-state index in [2.05, 4.69) is 16.7 Å². The molecule has 7 rings (SSSR count). The third-order valence-corrected chi connectivity index (χ3v) is 8.81. The zero-order valence-electron chi connectivity index (χ0n) is 24.2. The Balaban J connectivity index is 1.52. The number of hydrogen-bond acceptors (Lipinski definition) is 7. The van der Waals surface area contributed by atoms with Crippen LogP contribution in [-0.4, -0.2) is 53.5 Å². The maximum Gasteiger partial charge on any atom is 0.246 e. The molecule has 44 heavy (non-hydrogen) atoms. The largest absolute Gasteiger partial charge is 0.493 e. The van der Waals surface area contributed by atoms with Crippen molar-refractivity contribution in [2.75, 3.05) is 13.2 Å². The van der Waals surface area contributed by atoms with E-state index in [-0.39, 0.29) is 29.9 Å². The first-order chi connectivity index (χ1) is 21.3. The summed E-state index contributed by atoms with van der Waals surface area (Å²) in [6.07, 6.45) is 4.89. The Labute approximate surface area is 255 Å². The van der Waals surface area contributed by atoms with Crippen LogP contribution in [-0.2, 0) is 18.4 Å². The molecule has 0 N–H and O–H groups in total. The fourth-order valence-corrected chi connectivity index (χ4v) is 6.86. The molecule has 0 bridgehead atoms. The summed E-state index contributed by atoms with van der Waals surface area (Å²) < 4.78 is 40.4. The van der Waals surface area contributed by atoms with E-state index in [1.165, 1.54) is 23.5 Å². The van der Waals surface area contributed by atoms with E-state index in [0.29, 0.717) is 41.3 Å². The lowest BCUT2D eigenvalue weighted by Crippen LogP contribution is -2.40. The second-order valence-electron chi connectivity index (χ2n) is 10.6. The molecule has 6 heterocycles. The molecular weight excluding hydrogens is 584 g/mol. The predicted octanol–water partition coefficient (Wildman–Crippen LogP) is 6.54. The highest BCUT2D eigenvalue weighted by atomic mass is 32.1. The molecular formula is C32H27F2N7O2S. The molecule has 1 aliphatic rings. The Morgan fingerprint density at radius 3 is 2.77 bits per heavy atom. The van der Waals surface area contributed by atoms with Crippen molar-refractivity contribution in [1.82, 2.24) is 34.4 Å². The van der Waals surface area contributed by atoms with Crippen LogP contribution in [0.25, 0.3) is 54.9 Å². The predicted molar refractivity (Wildman–Crippen MR) is 165 cm³/mol. The zero-order valence-corrected chi connectivity index (χ0v) is 25.0. The first kappa shape index (κ1) is 27.8. The summed E-state index contributed by atoms with van der Waals surface area (Å²) in [6, 6.07) is 7.50. The molecule has 0 fully saturated rings. The highest BCUT2D eigenvalue weighted by Gasteiger charge is 2.31. The van der Waals surface area contributed by atoms with E-state index in [4.69, 9.17) is 14.8 Å². The molecule has 0 aliphatic carbocycles. The lowest BCUT2D eigenvalue weighted by Gasteiger charge is -2.33. The minimum Gasteiger partial charge on any atom is -0.493 e. The van der Waals surface area contributed by atoms with Crippen LogP contribution >= 0.6 is 11.3 Å². The fraction of sp³-hybridized carbons (Fsp3) is 0.219. The van der Waals surface area contributed by atoms with Gasteiger partial charge in [-0.1, -0.05) is 6.58 Å². The SMILES string of the molecule is C=CC(=O)N1CCn2nc(-c3nc(-c4cnc5cn(C)nc5c4)c4ccsc4c3-c3c(F)cc(F)cc3OCC)cc2[C@H]1C. The first-order valence-electron chi connectivity index (χ1n) is 14.1. The van der Waals surface area contributed by atoms with Gasteiger partial charge in [-0.3, -0.25) is 19.1 Å². The molecule has 5 aromatic heterocycles. The Kier molecular flexibility index (Phi) is 6.73. The number of rotatable bonds is 6. The number of thiophene rings is 1. The summed E-state index contributed by atoms with van der Waals surface area (Å²) in [5, 5.41) is 12.1. The molecule has 0 unspecified atom stereocenters. The van der Waals surface area contributed by atoms with Crippen LogP contribution in [0.5, 0.6) is 5.75 Å².